The molecule has 114 valence electrons. The van der Waals surface area contributed by atoms with Crippen molar-refractivity contribution < 1.29 is 9.90 Å². The molecule has 0 aliphatic heterocycles. The van der Waals surface area contributed by atoms with Gasteiger partial charge in [0.05, 0.1) is 5.92 Å². The molecular formula is C19H26O2. The molecule has 0 radical (unpaired) electrons. The van der Waals surface area contributed by atoms with E-state index in [1.807, 2.05) is 0 Å². The highest BCUT2D eigenvalue weighted by Gasteiger charge is 2.50. The Morgan fingerprint density at radius 2 is 1.81 bits per heavy atom. The Bertz CT molecular complexity index is 494. The third-order valence-electron chi connectivity index (χ3n) is 5.82. The molecule has 2 nitrogen and oxygen atoms in total. The summed E-state index contributed by atoms with van der Waals surface area (Å²) in [6.07, 6.45) is 4.26. The molecule has 1 aromatic carbocycles. The van der Waals surface area contributed by atoms with Crippen LogP contribution in [0.1, 0.15) is 51.0 Å². The van der Waals surface area contributed by atoms with E-state index in [0.29, 0.717) is 29.6 Å². The first-order valence-corrected chi connectivity index (χ1v) is 8.35. The van der Waals surface area contributed by atoms with Crippen LogP contribution in [0.5, 0.6) is 0 Å². The van der Waals surface area contributed by atoms with Crippen molar-refractivity contribution >= 4 is 5.97 Å². The lowest BCUT2D eigenvalue weighted by Crippen LogP contribution is -2.33. The summed E-state index contributed by atoms with van der Waals surface area (Å²) in [5.41, 5.74) is 1.40. The van der Waals surface area contributed by atoms with Crippen molar-refractivity contribution in [1.82, 2.24) is 0 Å². The van der Waals surface area contributed by atoms with Crippen molar-refractivity contribution in [2.45, 2.75) is 45.4 Å². The normalized spacial score (nSPS) is 35.7. The van der Waals surface area contributed by atoms with Crippen molar-refractivity contribution in [3.8, 4) is 0 Å². The van der Waals surface area contributed by atoms with Crippen LogP contribution in [0.25, 0.3) is 0 Å². The third-order valence-corrected chi connectivity index (χ3v) is 5.82. The summed E-state index contributed by atoms with van der Waals surface area (Å²) in [5.74, 6) is 2.28. The van der Waals surface area contributed by atoms with Gasteiger partial charge in [-0.3, -0.25) is 4.79 Å². The number of hydrogen-bond acceptors (Lipinski definition) is 1. The van der Waals surface area contributed by atoms with E-state index < -0.39 is 5.97 Å². The second-order valence-corrected chi connectivity index (χ2v) is 7.34. The monoisotopic (exact) mass is 286 g/mol. The number of rotatable bonds is 4. The van der Waals surface area contributed by atoms with E-state index in [0.717, 1.165) is 19.3 Å². The SMILES string of the molecule is CC(C)C1CCC(C(=O)O)C(C2CC2c2ccccc2)C1. The number of carboxylic acid groups (broad SMARTS) is 1. The Balaban J connectivity index is 1.73. The Labute approximate surface area is 127 Å². The van der Waals surface area contributed by atoms with Gasteiger partial charge in [-0.1, -0.05) is 44.2 Å². The van der Waals surface area contributed by atoms with Gasteiger partial charge >= 0.3 is 5.97 Å². The second-order valence-electron chi connectivity index (χ2n) is 7.34. The first-order chi connectivity index (χ1) is 10.1. The van der Waals surface area contributed by atoms with E-state index >= 15 is 0 Å². The average Bonchev–Trinajstić information content (AvgIpc) is 3.27. The lowest BCUT2D eigenvalue weighted by molar-refractivity contribution is -0.146. The highest BCUT2D eigenvalue weighted by Crippen LogP contribution is 2.57. The Morgan fingerprint density at radius 1 is 1.10 bits per heavy atom. The number of carboxylic acids is 1. The van der Waals surface area contributed by atoms with E-state index in [4.69, 9.17) is 0 Å². The molecule has 0 bridgehead atoms. The largest absolute Gasteiger partial charge is 0.481 e. The van der Waals surface area contributed by atoms with Crippen LogP contribution in [0.15, 0.2) is 30.3 Å². The number of benzene rings is 1. The molecule has 0 spiro atoms. The van der Waals surface area contributed by atoms with Crippen LogP contribution in [-0.2, 0) is 4.79 Å². The van der Waals surface area contributed by atoms with Gasteiger partial charge in [-0.15, -0.1) is 0 Å². The molecule has 2 aliphatic carbocycles. The Morgan fingerprint density at radius 3 is 2.43 bits per heavy atom. The fraction of sp³-hybridized carbons (Fsp3) is 0.632. The average molecular weight is 286 g/mol. The molecule has 5 atom stereocenters. The Hall–Kier alpha value is -1.31. The van der Waals surface area contributed by atoms with Gasteiger partial charge in [-0.2, -0.15) is 0 Å². The van der Waals surface area contributed by atoms with Crippen LogP contribution in [0.4, 0.5) is 0 Å². The fourth-order valence-corrected chi connectivity index (χ4v) is 4.40. The van der Waals surface area contributed by atoms with E-state index in [1.54, 1.807) is 0 Å². The zero-order valence-corrected chi connectivity index (χ0v) is 13.0. The van der Waals surface area contributed by atoms with Gasteiger partial charge in [-0.25, -0.2) is 0 Å². The summed E-state index contributed by atoms with van der Waals surface area (Å²) < 4.78 is 0. The fourth-order valence-electron chi connectivity index (χ4n) is 4.40. The van der Waals surface area contributed by atoms with E-state index in [2.05, 4.69) is 44.2 Å². The van der Waals surface area contributed by atoms with Crippen LogP contribution >= 0.6 is 0 Å². The smallest absolute Gasteiger partial charge is 0.306 e. The van der Waals surface area contributed by atoms with Gasteiger partial charge in [0.15, 0.2) is 0 Å². The predicted molar refractivity (Wildman–Crippen MR) is 84.1 cm³/mol. The highest BCUT2D eigenvalue weighted by molar-refractivity contribution is 5.70. The molecule has 2 heteroatoms. The molecule has 0 heterocycles. The summed E-state index contributed by atoms with van der Waals surface area (Å²) in [6.45, 7) is 4.56. The van der Waals surface area contributed by atoms with Crippen molar-refractivity contribution in [1.29, 1.82) is 0 Å². The first-order valence-electron chi connectivity index (χ1n) is 8.35. The molecule has 0 saturated heterocycles. The van der Waals surface area contributed by atoms with Crippen molar-refractivity contribution in [2.24, 2.45) is 29.6 Å². The zero-order valence-electron chi connectivity index (χ0n) is 13.0. The van der Waals surface area contributed by atoms with Gasteiger partial charge < -0.3 is 5.11 Å². The van der Waals surface area contributed by atoms with E-state index in [1.165, 1.54) is 12.0 Å². The summed E-state index contributed by atoms with van der Waals surface area (Å²) in [4.78, 5) is 11.6. The minimum Gasteiger partial charge on any atom is -0.481 e. The van der Waals surface area contributed by atoms with E-state index in [9.17, 15) is 9.90 Å². The first kappa shape index (κ1) is 14.6. The third kappa shape index (κ3) is 3.00. The van der Waals surface area contributed by atoms with Gasteiger partial charge in [0, 0.05) is 0 Å². The zero-order chi connectivity index (χ0) is 15.0. The molecule has 0 aromatic heterocycles. The molecular weight excluding hydrogens is 260 g/mol. The summed E-state index contributed by atoms with van der Waals surface area (Å²) >= 11 is 0. The highest BCUT2D eigenvalue weighted by atomic mass is 16.4. The second kappa shape index (κ2) is 5.82. The van der Waals surface area contributed by atoms with E-state index in [-0.39, 0.29) is 5.92 Å². The minimum atomic E-state index is -0.569. The van der Waals surface area contributed by atoms with Crippen molar-refractivity contribution in [3.63, 3.8) is 0 Å². The minimum absolute atomic E-state index is 0.112. The molecule has 1 N–H and O–H groups in total. The van der Waals surface area contributed by atoms with Gasteiger partial charge in [-0.05, 0) is 60.8 Å². The predicted octanol–water partition coefficient (Wildman–Crippen LogP) is 4.56. The summed E-state index contributed by atoms with van der Waals surface area (Å²) in [7, 11) is 0. The lowest BCUT2D eigenvalue weighted by atomic mass is 9.68. The van der Waals surface area contributed by atoms with Gasteiger partial charge in [0.1, 0.15) is 0 Å². The molecule has 21 heavy (non-hydrogen) atoms. The quantitative estimate of drug-likeness (QED) is 0.880. The standard InChI is InChI=1S/C19H26O2/c1-12(2)14-8-9-15(19(20)21)17(10-14)18-11-16(18)13-6-4-3-5-7-13/h3-7,12,14-18H,8-11H2,1-2H3,(H,20,21). The van der Waals surface area contributed by atoms with Crippen molar-refractivity contribution in [2.75, 3.05) is 0 Å². The molecule has 2 saturated carbocycles. The van der Waals surface area contributed by atoms with Crippen LogP contribution in [-0.4, -0.2) is 11.1 Å². The lowest BCUT2D eigenvalue weighted by Gasteiger charge is -2.36. The topological polar surface area (TPSA) is 37.3 Å². The number of carbonyl (C=O) groups is 1. The van der Waals surface area contributed by atoms with Gasteiger partial charge in [0.25, 0.3) is 0 Å². The molecule has 2 fully saturated rings. The van der Waals surface area contributed by atoms with Crippen molar-refractivity contribution in [3.05, 3.63) is 35.9 Å². The van der Waals surface area contributed by atoms with Crippen LogP contribution in [0, 0.1) is 29.6 Å². The summed E-state index contributed by atoms with van der Waals surface area (Å²) in [5, 5.41) is 9.57. The van der Waals surface area contributed by atoms with Gasteiger partial charge in [0.2, 0.25) is 0 Å². The number of hydrogen-bond donors (Lipinski definition) is 1. The van der Waals surface area contributed by atoms with Crippen LogP contribution < -0.4 is 0 Å². The van der Waals surface area contributed by atoms with Crippen LogP contribution in [0.2, 0.25) is 0 Å². The summed E-state index contributed by atoms with van der Waals surface area (Å²) in [6, 6.07) is 10.6. The molecule has 1 aromatic rings. The maximum atomic E-state index is 11.6. The molecule has 5 unspecified atom stereocenters. The number of aliphatic carboxylic acids is 1. The van der Waals surface area contributed by atoms with Crippen LogP contribution in [0.3, 0.4) is 0 Å². The maximum absolute atomic E-state index is 11.6. The maximum Gasteiger partial charge on any atom is 0.306 e. The Kier molecular flexibility index (Phi) is 4.05. The molecule has 3 rings (SSSR count). The molecule has 0 amide bonds. The molecule has 2 aliphatic rings.